The number of hydrogen-bond donors (Lipinski definition) is 2. The zero-order chi connectivity index (χ0) is 16.9. The van der Waals surface area contributed by atoms with Crippen LogP contribution in [-0.2, 0) is 9.47 Å². The molecule has 1 saturated heterocycles. The highest BCUT2D eigenvalue weighted by atomic mass is 16.6. The van der Waals surface area contributed by atoms with Crippen LogP contribution in [0.3, 0.4) is 0 Å². The van der Waals surface area contributed by atoms with E-state index in [9.17, 15) is 9.59 Å². The Morgan fingerprint density at radius 2 is 1.96 bits per heavy atom. The highest BCUT2D eigenvalue weighted by Gasteiger charge is 2.17. The van der Waals surface area contributed by atoms with Crippen molar-refractivity contribution in [2.24, 2.45) is 0 Å². The van der Waals surface area contributed by atoms with Gasteiger partial charge in [0, 0.05) is 24.4 Å². The number of ether oxygens (including phenoxy) is 2. The fraction of sp³-hybridized carbons (Fsp3) is 0.529. The summed E-state index contributed by atoms with van der Waals surface area (Å²) in [5.74, 6) is -0.149. The molecule has 1 heterocycles. The van der Waals surface area contributed by atoms with Crippen molar-refractivity contribution in [3.8, 4) is 0 Å². The molecule has 126 valence electrons. The van der Waals surface area contributed by atoms with Crippen molar-refractivity contribution in [2.45, 2.75) is 45.3 Å². The number of hydrogen-bond acceptors (Lipinski definition) is 4. The molecule has 1 aromatic rings. The molecule has 0 spiro atoms. The van der Waals surface area contributed by atoms with Crippen molar-refractivity contribution in [1.29, 1.82) is 0 Å². The van der Waals surface area contributed by atoms with Crippen LogP contribution >= 0.6 is 0 Å². The van der Waals surface area contributed by atoms with Gasteiger partial charge in [0.05, 0.1) is 6.10 Å². The van der Waals surface area contributed by atoms with E-state index in [0.29, 0.717) is 17.8 Å². The van der Waals surface area contributed by atoms with E-state index in [1.54, 1.807) is 45.0 Å². The summed E-state index contributed by atoms with van der Waals surface area (Å²) in [5.41, 5.74) is 0.569. The van der Waals surface area contributed by atoms with Crippen LogP contribution in [0.15, 0.2) is 24.3 Å². The van der Waals surface area contributed by atoms with Crippen molar-refractivity contribution < 1.29 is 19.1 Å². The van der Waals surface area contributed by atoms with Gasteiger partial charge in [-0.15, -0.1) is 0 Å². The van der Waals surface area contributed by atoms with Gasteiger partial charge >= 0.3 is 6.09 Å². The molecule has 0 bridgehead atoms. The van der Waals surface area contributed by atoms with Crippen LogP contribution in [0.1, 0.15) is 44.0 Å². The molecule has 1 aliphatic rings. The number of carbonyl (C=O) groups is 2. The third kappa shape index (κ3) is 5.90. The first-order chi connectivity index (χ1) is 10.8. The van der Waals surface area contributed by atoms with Gasteiger partial charge in [-0.05, 0) is 57.9 Å². The topological polar surface area (TPSA) is 76.7 Å². The van der Waals surface area contributed by atoms with E-state index >= 15 is 0 Å². The Kier molecular flexibility index (Phi) is 5.60. The van der Waals surface area contributed by atoms with Crippen LogP contribution in [0.5, 0.6) is 0 Å². The van der Waals surface area contributed by atoms with Crippen LogP contribution in [0.4, 0.5) is 10.5 Å². The van der Waals surface area contributed by atoms with E-state index < -0.39 is 11.7 Å². The average Bonchev–Trinajstić information content (AvgIpc) is 2.96. The smallest absolute Gasteiger partial charge is 0.412 e. The van der Waals surface area contributed by atoms with Gasteiger partial charge in [-0.1, -0.05) is 0 Å². The van der Waals surface area contributed by atoms with Gasteiger partial charge in [-0.25, -0.2) is 4.79 Å². The predicted octanol–water partition coefficient (Wildman–Crippen LogP) is 2.94. The molecule has 2 rings (SSSR count). The Bertz CT molecular complexity index is 543. The fourth-order valence-electron chi connectivity index (χ4n) is 2.24. The molecular formula is C17H24N2O4. The summed E-state index contributed by atoms with van der Waals surface area (Å²) >= 11 is 0. The van der Waals surface area contributed by atoms with Crippen molar-refractivity contribution in [3.63, 3.8) is 0 Å². The van der Waals surface area contributed by atoms with Crippen LogP contribution in [0, 0.1) is 0 Å². The van der Waals surface area contributed by atoms with Crippen molar-refractivity contribution in [1.82, 2.24) is 5.32 Å². The van der Waals surface area contributed by atoms with Crippen LogP contribution in [0.25, 0.3) is 0 Å². The summed E-state index contributed by atoms with van der Waals surface area (Å²) in [6, 6.07) is 6.67. The summed E-state index contributed by atoms with van der Waals surface area (Å²) in [7, 11) is 0. The molecule has 1 fully saturated rings. The molecule has 6 nitrogen and oxygen atoms in total. The first-order valence-electron chi connectivity index (χ1n) is 7.83. The second-order valence-corrected chi connectivity index (χ2v) is 6.55. The summed E-state index contributed by atoms with van der Waals surface area (Å²) in [6.45, 7) is 6.69. The number of carbonyl (C=O) groups excluding carboxylic acids is 2. The first kappa shape index (κ1) is 17.3. The minimum Gasteiger partial charge on any atom is -0.444 e. The Labute approximate surface area is 136 Å². The average molecular weight is 320 g/mol. The van der Waals surface area contributed by atoms with E-state index in [4.69, 9.17) is 9.47 Å². The Morgan fingerprint density at radius 1 is 1.26 bits per heavy atom. The maximum atomic E-state index is 12.0. The maximum absolute atomic E-state index is 12.0. The lowest BCUT2D eigenvalue weighted by atomic mass is 10.2. The highest BCUT2D eigenvalue weighted by Crippen LogP contribution is 2.14. The number of rotatable bonds is 4. The molecule has 1 aliphatic heterocycles. The van der Waals surface area contributed by atoms with Gasteiger partial charge in [-0.2, -0.15) is 0 Å². The van der Waals surface area contributed by atoms with Gasteiger partial charge in [0.2, 0.25) is 0 Å². The molecule has 0 unspecified atom stereocenters. The second-order valence-electron chi connectivity index (χ2n) is 6.55. The Balaban J connectivity index is 1.83. The van der Waals surface area contributed by atoms with Crippen molar-refractivity contribution in [3.05, 3.63) is 29.8 Å². The van der Waals surface area contributed by atoms with E-state index in [1.807, 2.05) is 0 Å². The monoisotopic (exact) mass is 320 g/mol. The number of benzene rings is 1. The normalized spacial score (nSPS) is 17.6. The largest absolute Gasteiger partial charge is 0.444 e. The summed E-state index contributed by atoms with van der Waals surface area (Å²) in [4.78, 5) is 23.7. The molecule has 1 atom stereocenters. The molecular weight excluding hydrogens is 296 g/mol. The third-order valence-corrected chi connectivity index (χ3v) is 3.31. The first-order valence-corrected chi connectivity index (χ1v) is 7.83. The van der Waals surface area contributed by atoms with E-state index in [-0.39, 0.29) is 12.0 Å². The highest BCUT2D eigenvalue weighted by molar-refractivity contribution is 5.95. The second kappa shape index (κ2) is 7.46. The summed E-state index contributed by atoms with van der Waals surface area (Å²) in [5, 5.41) is 5.48. The van der Waals surface area contributed by atoms with Crippen LogP contribution in [0.2, 0.25) is 0 Å². The molecule has 0 aromatic heterocycles. The number of amides is 2. The zero-order valence-corrected chi connectivity index (χ0v) is 13.8. The maximum Gasteiger partial charge on any atom is 0.412 e. The molecule has 0 saturated carbocycles. The summed E-state index contributed by atoms with van der Waals surface area (Å²) in [6.07, 6.45) is 1.63. The van der Waals surface area contributed by atoms with Gasteiger partial charge in [0.1, 0.15) is 5.60 Å². The van der Waals surface area contributed by atoms with Crippen LogP contribution < -0.4 is 10.6 Å². The Hall–Kier alpha value is -2.08. The zero-order valence-electron chi connectivity index (χ0n) is 13.8. The lowest BCUT2D eigenvalue weighted by Crippen LogP contribution is -2.31. The number of nitrogens with one attached hydrogen (secondary N) is 2. The molecule has 2 N–H and O–H groups in total. The SMILES string of the molecule is CC(C)(C)OC(=O)Nc1ccc(C(=O)NC[C@@H]2CCCO2)cc1. The third-order valence-electron chi connectivity index (χ3n) is 3.31. The minimum absolute atomic E-state index is 0.118. The molecule has 23 heavy (non-hydrogen) atoms. The number of anilines is 1. The standard InChI is InChI=1S/C17H24N2O4/c1-17(2,3)23-16(21)19-13-8-6-12(7-9-13)15(20)18-11-14-5-4-10-22-14/h6-9,14H,4-5,10-11H2,1-3H3,(H,18,20)(H,19,21)/t14-/m0/s1. The van der Waals surface area contributed by atoms with Gasteiger partial charge in [0.15, 0.2) is 0 Å². The molecule has 0 aliphatic carbocycles. The fourth-order valence-corrected chi connectivity index (χ4v) is 2.24. The van der Waals surface area contributed by atoms with Gasteiger partial charge < -0.3 is 14.8 Å². The van der Waals surface area contributed by atoms with E-state index in [2.05, 4.69) is 10.6 Å². The molecule has 6 heteroatoms. The molecule has 2 amide bonds. The van der Waals surface area contributed by atoms with Crippen molar-refractivity contribution in [2.75, 3.05) is 18.5 Å². The van der Waals surface area contributed by atoms with Crippen LogP contribution in [-0.4, -0.2) is 36.9 Å². The molecule has 1 aromatic carbocycles. The van der Waals surface area contributed by atoms with Gasteiger partial charge in [-0.3, -0.25) is 10.1 Å². The van der Waals surface area contributed by atoms with E-state index in [1.165, 1.54) is 0 Å². The van der Waals surface area contributed by atoms with E-state index in [0.717, 1.165) is 19.4 Å². The lowest BCUT2D eigenvalue weighted by molar-refractivity contribution is 0.0635. The molecule has 0 radical (unpaired) electrons. The minimum atomic E-state index is -0.549. The quantitative estimate of drug-likeness (QED) is 0.894. The lowest BCUT2D eigenvalue weighted by Gasteiger charge is -2.19. The summed E-state index contributed by atoms with van der Waals surface area (Å²) < 4.78 is 10.6. The Morgan fingerprint density at radius 3 is 2.52 bits per heavy atom. The van der Waals surface area contributed by atoms with Crippen molar-refractivity contribution >= 4 is 17.7 Å². The predicted molar refractivity (Wildman–Crippen MR) is 87.6 cm³/mol. The van der Waals surface area contributed by atoms with Gasteiger partial charge in [0.25, 0.3) is 5.91 Å².